The molecule has 0 amide bonds. The van der Waals surface area contributed by atoms with Gasteiger partial charge in [0.2, 0.25) is 0 Å². The van der Waals surface area contributed by atoms with Crippen LogP contribution in [0, 0.1) is 0 Å². The van der Waals surface area contributed by atoms with E-state index in [0.717, 1.165) is 0 Å². The lowest BCUT2D eigenvalue weighted by molar-refractivity contribution is -0.142. The van der Waals surface area contributed by atoms with Crippen LogP contribution in [0.3, 0.4) is 0 Å². The van der Waals surface area contributed by atoms with Crippen molar-refractivity contribution in [2.24, 2.45) is 16.0 Å². The van der Waals surface area contributed by atoms with Gasteiger partial charge in [0.05, 0.1) is 7.11 Å². The molecule has 1 aliphatic rings. The molecule has 0 aliphatic carbocycles. The Hall–Kier alpha value is -0.970. The van der Waals surface area contributed by atoms with Gasteiger partial charge in [0, 0.05) is 6.42 Å². The van der Waals surface area contributed by atoms with Crippen molar-refractivity contribution in [1.82, 2.24) is 0 Å². The Kier molecular flexibility index (Phi) is 1.90. The van der Waals surface area contributed by atoms with Crippen molar-refractivity contribution >= 4 is 5.97 Å². The second-order valence-corrected chi connectivity index (χ2v) is 2.75. The quantitative estimate of drug-likeness (QED) is 0.588. The average molecular weight is 157 g/mol. The van der Waals surface area contributed by atoms with Gasteiger partial charge in [-0.25, -0.2) is 0 Å². The molecule has 11 heavy (non-hydrogen) atoms. The molecule has 0 aromatic carbocycles. The molecule has 62 valence electrons. The molecular formula is C6H11N3O2. The van der Waals surface area contributed by atoms with Crippen LogP contribution in [0.15, 0.2) is 10.2 Å². The van der Waals surface area contributed by atoms with Crippen molar-refractivity contribution in [3.05, 3.63) is 0 Å². The third kappa shape index (κ3) is 1.98. The first-order chi connectivity index (χ1) is 5.07. The molecule has 0 radical (unpaired) electrons. The number of methoxy groups -OCH3 is 1. The lowest BCUT2D eigenvalue weighted by Gasteiger charge is -2.09. The van der Waals surface area contributed by atoms with Crippen LogP contribution >= 0.6 is 0 Å². The number of hydrogen-bond donors (Lipinski definition) is 1. The number of carbonyl (C=O) groups excluding carboxylic acids is 1. The van der Waals surface area contributed by atoms with E-state index in [-0.39, 0.29) is 0 Å². The van der Waals surface area contributed by atoms with Crippen LogP contribution in [-0.2, 0) is 9.53 Å². The Balaban J connectivity index is 2.31. The molecule has 1 atom stereocenters. The fraction of sp³-hybridized carbons (Fsp3) is 0.833. The number of esters is 1. The van der Waals surface area contributed by atoms with Crippen molar-refractivity contribution in [3.8, 4) is 0 Å². The molecule has 1 rings (SSSR count). The minimum absolute atomic E-state index is 0.413. The number of rotatable bonds is 3. The van der Waals surface area contributed by atoms with Gasteiger partial charge in [0.1, 0.15) is 6.04 Å². The second kappa shape index (κ2) is 2.58. The van der Waals surface area contributed by atoms with Crippen LogP contribution in [0.4, 0.5) is 0 Å². The Bertz CT molecular complexity index is 196. The van der Waals surface area contributed by atoms with Crippen molar-refractivity contribution < 1.29 is 9.53 Å². The van der Waals surface area contributed by atoms with E-state index in [1.54, 1.807) is 0 Å². The van der Waals surface area contributed by atoms with Crippen LogP contribution in [0.25, 0.3) is 0 Å². The number of nitrogens with two attached hydrogens (primary N) is 1. The smallest absolute Gasteiger partial charge is 0.322 e. The molecule has 1 aliphatic heterocycles. The van der Waals surface area contributed by atoms with Crippen LogP contribution in [0.1, 0.15) is 13.3 Å². The van der Waals surface area contributed by atoms with Crippen LogP contribution in [0.2, 0.25) is 0 Å². The molecular weight excluding hydrogens is 146 g/mol. The van der Waals surface area contributed by atoms with Crippen LogP contribution in [-0.4, -0.2) is 24.8 Å². The maximum Gasteiger partial charge on any atom is 0.322 e. The highest BCUT2D eigenvalue weighted by Crippen LogP contribution is 2.31. The third-order valence-corrected chi connectivity index (χ3v) is 1.55. The van der Waals surface area contributed by atoms with E-state index >= 15 is 0 Å². The van der Waals surface area contributed by atoms with E-state index in [0.29, 0.717) is 6.42 Å². The summed E-state index contributed by atoms with van der Waals surface area (Å²) in [6.45, 7) is 1.82. The number of hydrogen-bond acceptors (Lipinski definition) is 5. The normalized spacial score (nSPS) is 21.0. The molecule has 0 aromatic heterocycles. The maximum atomic E-state index is 10.8. The Morgan fingerprint density at radius 1 is 1.73 bits per heavy atom. The Labute approximate surface area is 64.6 Å². The number of carbonyl (C=O) groups is 1. The summed E-state index contributed by atoms with van der Waals surface area (Å²) in [5.41, 5.74) is 5.04. The highest BCUT2D eigenvalue weighted by Gasteiger charge is 2.37. The SMILES string of the molecule is COC(=O)C(N)CC1(C)N=N1. The fourth-order valence-electron chi connectivity index (χ4n) is 0.818. The summed E-state index contributed by atoms with van der Waals surface area (Å²) in [5, 5.41) is 7.46. The molecule has 0 spiro atoms. The lowest BCUT2D eigenvalue weighted by atomic mass is 10.1. The average Bonchev–Trinajstić information content (AvgIpc) is 2.66. The maximum absolute atomic E-state index is 10.8. The number of nitrogens with zero attached hydrogens (tertiary/aromatic N) is 2. The van der Waals surface area contributed by atoms with E-state index < -0.39 is 17.7 Å². The molecule has 5 heteroatoms. The van der Waals surface area contributed by atoms with E-state index in [4.69, 9.17) is 5.73 Å². The first-order valence-electron chi connectivity index (χ1n) is 3.35. The molecule has 1 unspecified atom stereocenters. The van der Waals surface area contributed by atoms with Crippen molar-refractivity contribution in [2.75, 3.05) is 7.11 Å². The molecule has 0 saturated carbocycles. The highest BCUT2D eigenvalue weighted by molar-refractivity contribution is 5.75. The molecule has 0 bridgehead atoms. The molecule has 0 fully saturated rings. The Morgan fingerprint density at radius 3 is 2.64 bits per heavy atom. The van der Waals surface area contributed by atoms with Gasteiger partial charge < -0.3 is 10.5 Å². The van der Waals surface area contributed by atoms with E-state index in [1.807, 2.05) is 6.92 Å². The Morgan fingerprint density at radius 2 is 2.27 bits per heavy atom. The van der Waals surface area contributed by atoms with Crippen molar-refractivity contribution in [1.29, 1.82) is 0 Å². The van der Waals surface area contributed by atoms with Gasteiger partial charge in [0.15, 0.2) is 5.66 Å². The summed E-state index contributed by atoms with van der Waals surface area (Å²) in [6, 6.07) is -0.611. The predicted molar refractivity (Wildman–Crippen MR) is 37.9 cm³/mol. The first kappa shape index (κ1) is 8.13. The van der Waals surface area contributed by atoms with Gasteiger partial charge in [-0.15, -0.1) is 0 Å². The molecule has 5 nitrogen and oxygen atoms in total. The molecule has 0 saturated heterocycles. The minimum atomic E-state index is -0.611. The monoisotopic (exact) mass is 157 g/mol. The summed E-state index contributed by atoms with van der Waals surface area (Å²) < 4.78 is 4.44. The number of ether oxygens (including phenoxy) is 1. The third-order valence-electron chi connectivity index (χ3n) is 1.55. The summed E-state index contributed by atoms with van der Waals surface area (Å²) in [5.74, 6) is -0.413. The summed E-state index contributed by atoms with van der Waals surface area (Å²) in [6.07, 6.45) is 0.430. The summed E-state index contributed by atoms with van der Waals surface area (Å²) in [4.78, 5) is 10.8. The first-order valence-corrected chi connectivity index (χ1v) is 3.35. The largest absolute Gasteiger partial charge is 0.468 e. The zero-order valence-corrected chi connectivity index (χ0v) is 6.57. The van der Waals surface area contributed by atoms with E-state index in [2.05, 4.69) is 15.0 Å². The van der Waals surface area contributed by atoms with Gasteiger partial charge in [-0.1, -0.05) is 0 Å². The zero-order chi connectivity index (χ0) is 8.48. The van der Waals surface area contributed by atoms with Gasteiger partial charge in [-0.2, -0.15) is 10.2 Å². The fourth-order valence-corrected chi connectivity index (χ4v) is 0.818. The van der Waals surface area contributed by atoms with Crippen molar-refractivity contribution in [3.63, 3.8) is 0 Å². The lowest BCUT2D eigenvalue weighted by Crippen LogP contribution is -2.35. The van der Waals surface area contributed by atoms with Gasteiger partial charge in [0.25, 0.3) is 0 Å². The van der Waals surface area contributed by atoms with E-state index in [1.165, 1.54) is 7.11 Å². The van der Waals surface area contributed by atoms with Gasteiger partial charge in [-0.05, 0) is 6.92 Å². The summed E-state index contributed by atoms with van der Waals surface area (Å²) >= 11 is 0. The molecule has 1 heterocycles. The highest BCUT2D eigenvalue weighted by atomic mass is 16.5. The minimum Gasteiger partial charge on any atom is -0.468 e. The van der Waals surface area contributed by atoms with Gasteiger partial charge >= 0.3 is 5.97 Å². The molecule has 0 aromatic rings. The van der Waals surface area contributed by atoms with E-state index in [9.17, 15) is 4.79 Å². The van der Waals surface area contributed by atoms with Crippen LogP contribution < -0.4 is 5.73 Å². The standard InChI is InChI=1S/C6H11N3O2/c1-6(8-9-6)3-4(7)5(10)11-2/h4H,3,7H2,1-2H3. The predicted octanol–water partition coefficient (Wildman–Crippen LogP) is 0.0588. The summed E-state index contributed by atoms with van der Waals surface area (Å²) in [7, 11) is 1.31. The topological polar surface area (TPSA) is 77.0 Å². The van der Waals surface area contributed by atoms with Gasteiger partial charge in [-0.3, -0.25) is 4.79 Å². The van der Waals surface area contributed by atoms with Crippen molar-refractivity contribution in [2.45, 2.75) is 25.0 Å². The molecule has 2 N–H and O–H groups in total. The van der Waals surface area contributed by atoms with Crippen LogP contribution in [0.5, 0.6) is 0 Å². The zero-order valence-electron chi connectivity index (χ0n) is 6.57. The second-order valence-electron chi connectivity index (χ2n) is 2.75.